The largest absolute Gasteiger partial charge is 0.461 e. The van der Waals surface area contributed by atoms with Gasteiger partial charge in [0, 0.05) is 0 Å². The fourth-order valence-electron chi connectivity index (χ4n) is 4.00. The summed E-state index contributed by atoms with van der Waals surface area (Å²) in [6.45, 7) is 7.76. The molecule has 40 heavy (non-hydrogen) atoms. The number of carbonyl (C=O) groups is 1. The summed E-state index contributed by atoms with van der Waals surface area (Å²) in [4.78, 5) is 18.6. The van der Waals surface area contributed by atoms with Crippen LogP contribution in [0.15, 0.2) is 87.4 Å². The first-order valence-corrected chi connectivity index (χ1v) is 14.3. The molecule has 11 heteroatoms. The normalized spacial score (nSPS) is 11.8. The first-order chi connectivity index (χ1) is 19.4. The molecule has 0 bridgehead atoms. The monoisotopic (exact) mass is 569 g/mol. The average Bonchev–Trinajstić information content (AvgIpc) is 3.71. The number of hydrazone groups is 1. The van der Waals surface area contributed by atoms with Crippen molar-refractivity contribution < 1.29 is 9.53 Å². The van der Waals surface area contributed by atoms with Crippen molar-refractivity contribution in [2.75, 3.05) is 12.0 Å². The van der Waals surface area contributed by atoms with E-state index in [1.54, 1.807) is 22.9 Å². The van der Waals surface area contributed by atoms with E-state index < -0.39 is 5.97 Å². The van der Waals surface area contributed by atoms with Gasteiger partial charge in [-0.1, -0.05) is 53.3 Å². The predicted octanol–water partition coefficient (Wildman–Crippen LogP) is 8.10. The van der Waals surface area contributed by atoms with Crippen LogP contribution in [0.1, 0.15) is 41.2 Å². The highest BCUT2D eigenvalue weighted by molar-refractivity contribution is 7.20. The predicted molar refractivity (Wildman–Crippen MR) is 161 cm³/mol. The molecule has 0 amide bonds. The summed E-state index contributed by atoms with van der Waals surface area (Å²) in [5.74, 6) is -0.501. The lowest BCUT2D eigenvalue weighted by atomic mass is 10.1. The number of hydrogen-bond donors (Lipinski definition) is 1. The highest BCUT2D eigenvalue weighted by Crippen LogP contribution is 2.40. The lowest BCUT2D eigenvalue weighted by molar-refractivity contribution is 0.0518. The van der Waals surface area contributed by atoms with Gasteiger partial charge in [-0.3, -0.25) is 5.43 Å². The number of nitrogens with zero attached hydrogens (tertiary/aromatic N) is 6. The molecule has 3 aromatic heterocycles. The third-order valence-corrected chi connectivity index (χ3v) is 7.64. The summed E-state index contributed by atoms with van der Waals surface area (Å²) in [6, 6.07) is 21.4. The molecule has 0 aliphatic carbocycles. The summed E-state index contributed by atoms with van der Waals surface area (Å²) in [5.41, 5.74) is 8.66. The van der Waals surface area contributed by atoms with Crippen molar-refractivity contribution in [1.82, 2.24) is 14.8 Å². The lowest BCUT2D eigenvalue weighted by Gasteiger charge is -2.06. The van der Waals surface area contributed by atoms with Crippen LogP contribution in [0, 0.1) is 13.8 Å². The minimum absolute atomic E-state index is 0.207. The molecule has 0 aliphatic heterocycles. The first kappa shape index (κ1) is 27.1. The number of rotatable bonds is 9. The maximum Gasteiger partial charge on any atom is 0.359 e. The highest BCUT2D eigenvalue weighted by atomic mass is 32.1. The molecular formula is C29H27N7O2S2. The Balaban J connectivity index is 1.48. The van der Waals surface area contributed by atoms with Gasteiger partial charge in [0.15, 0.2) is 10.7 Å². The van der Waals surface area contributed by atoms with Gasteiger partial charge >= 0.3 is 5.97 Å². The Morgan fingerprint density at radius 1 is 1.02 bits per heavy atom. The van der Waals surface area contributed by atoms with Gasteiger partial charge in [-0.15, -0.1) is 21.6 Å². The van der Waals surface area contributed by atoms with Gasteiger partial charge < -0.3 is 4.74 Å². The number of hydrogen-bond acceptors (Lipinski definition) is 10. The summed E-state index contributed by atoms with van der Waals surface area (Å²) in [5, 5.41) is 21.2. The van der Waals surface area contributed by atoms with Gasteiger partial charge in [-0.05, 0) is 63.4 Å². The number of anilines is 1. The van der Waals surface area contributed by atoms with E-state index in [0.29, 0.717) is 21.4 Å². The summed E-state index contributed by atoms with van der Waals surface area (Å²) in [6.07, 6.45) is 0. The number of esters is 1. The van der Waals surface area contributed by atoms with Crippen molar-refractivity contribution in [1.29, 1.82) is 0 Å². The van der Waals surface area contributed by atoms with Gasteiger partial charge in [0.25, 0.3) is 0 Å². The molecule has 0 saturated carbocycles. The van der Waals surface area contributed by atoms with Crippen LogP contribution in [0.3, 0.4) is 0 Å². The molecule has 0 spiro atoms. The maximum absolute atomic E-state index is 12.9. The minimum atomic E-state index is -0.501. The van der Waals surface area contributed by atoms with Gasteiger partial charge in [-0.2, -0.15) is 10.2 Å². The number of nitrogens with one attached hydrogen (secondary N) is 1. The molecular weight excluding hydrogens is 543 g/mol. The van der Waals surface area contributed by atoms with Crippen molar-refractivity contribution in [3.8, 4) is 16.3 Å². The molecule has 3 heterocycles. The second kappa shape index (κ2) is 12.1. The van der Waals surface area contributed by atoms with Crippen molar-refractivity contribution in [2.24, 2.45) is 15.3 Å². The molecule has 1 N–H and O–H groups in total. The van der Waals surface area contributed by atoms with Crippen LogP contribution in [-0.2, 0) is 4.74 Å². The minimum Gasteiger partial charge on any atom is -0.461 e. The Bertz CT molecular complexity index is 1670. The van der Waals surface area contributed by atoms with E-state index in [1.165, 1.54) is 11.3 Å². The molecule has 0 saturated heterocycles. The number of thiazole rings is 1. The van der Waals surface area contributed by atoms with Crippen molar-refractivity contribution >= 4 is 50.2 Å². The Kier molecular flexibility index (Phi) is 8.23. The van der Waals surface area contributed by atoms with Crippen LogP contribution in [0.5, 0.6) is 0 Å². The average molecular weight is 570 g/mol. The van der Waals surface area contributed by atoms with E-state index in [9.17, 15) is 4.79 Å². The Morgan fingerprint density at radius 3 is 2.50 bits per heavy atom. The third kappa shape index (κ3) is 5.90. The number of carbonyl (C=O) groups excluding carboxylic acids is 1. The van der Waals surface area contributed by atoms with Crippen molar-refractivity contribution in [3.63, 3.8) is 0 Å². The molecule has 2 aromatic carbocycles. The molecule has 5 aromatic rings. The molecule has 0 radical (unpaired) electrons. The lowest BCUT2D eigenvalue weighted by Crippen LogP contribution is -2.11. The summed E-state index contributed by atoms with van der Waals surface area (Å²) < 4.78 is 7.04. The third-order valence-electron chi connectivity index (χ3n) is 5.92. The summed E-state index contributed by atoms with van der Waals surface area (Å²) >= 11 is 2.92. The molecule has 0 fully saturated rings. The number of aryl methyl sites for hydroxylation is 1. The van der Waals surface area contributed by atoms with E-state index in [0.717, 1.165) is 33.2 Å². The Hall–Kier alpha value is -4.48. The summed E-state index contributed by atoms with van der Waals surface area (Å²) in [7, 11) is 0. The maximum atomic E-state index is 12.9. The number of ether oxygens (including phenoxy) is 1. The Morgan fingerprint density at radius 2 is 1.80 bits per heavy atom. The van der Waals surface area contributed by atoms with Gasteiger partial charge in [0.1, 0.15) is 5.69 Å². The zero-order valence-electron chi connectivity index (χ0n) is 22.5. The van der Waals surface area contributed by atoms with Crippen LogP contribution in [0.25, 0.3) is 16.3 Å². The smallest absolute Gasteiger partial charge is 0.359 e. The van der Waals surface area contributed by atoms with Crippen LogP contribution < -0.4 is 5.43 Å². The van der Waals surface area contributed by atoms with Gasteiger partial charge in [0.05, 0.1) is 39.8 Å². The standard InChI is InChI=1S/C29H27N7O2S2/c1-5-38-28(37)26-24(20(4)36(35-26)22-15-13-18(2)14-16-22)19(3)31-34-29-30-25(23-12-9-17-39-23)27(40-29)33-32-21-10-7-6-8-11-21/h6-17H,5H2,1-4H3,(H,30,34)/b31-19+,33-32?. The van der Waals surface area contributed by atoms with Crippen molar-refractivity contribution in [3.05, 3.63) is 94.6 Å². The van der Waals surface area contributed by atoms with E-state index in [1.807, 2.05) is 92.9 Å². The second-order valence-corrected chi connectivity index (χ2v) is 10.7. The molecule has 202 valence electrons. The highest BCUT2D eigenvalue weighted by Gasteiger charge is 2.25. The SMILES string of the molecule is CCOC(=O)c1nn(-c2ccc(C)cc2)c(C)c1/C(C)=N/Nc1nc(-c2cccs2)c(N=Nc2ccccc2)s1. The first-order valence-electron chi connectivity index (χ1n) is 12.6. The molecule has 0 aliphatic rings. The van der Waals surface area contributed by atoms with E-state index >= 15 is 0 Å². The van der Waals surface area contributed by atoms with E-state index in [-0.39, 0.29) is 12.3 Å². The zero-order valence-corrected chi connectivity index (χ0v) is 24.1. The van der Waals surface area contributed by atoms with Crippen LogP contribution in [0.4, 0.5) is 15.8 Å². The van der Waals surface area contributed by atoms with E-state index in [4.69, 9.17) is 9.72 Å². The topological polar surface area (TPSA) is 106 Å². The molecule has 9 nitrogen and oxygen atoms in total. The molecule has 0 unspecified atom stereocenters. The zero-order chi connectivity index (χ0) is 28.1. The van der Waals surface area contributed by atoms with Crippen LogP contribution in [-0.4, -0.2) is 33.1 Å². The number of aromatic nitrogens is 3. The van der Waals surface area contributed by atoms with Gasteiger partial charge in [0.2, 0.25) is 5.13 Å². The fourth-order valence-corrected chi connectivity index (χ4v) is 5.53. The van der Waals surface area contributed by atoms with Crippen LogP contribution >= 0.6 is 22.7 Å². The Labute approximate surface area is 239 Å². The second-order valence-electron chi connectivity index (χ2n) is 8.77. The number of benzene rings is 2. The quantitative estimate of drug-likeness (QED) is 0.0835. The number of azo groups is 1. The van der Waals surface area contributed by atoms with Crippen LogP contribution in [0.2, 0.25) is 0 Å². The number of thiophene rings is 1. The van der Waals surface area contributed by atoms with Gasteiger partial charge in [-0.25, -0.2) is 14.5 Å². The molecule has 0 atom stereocenters. The van der Waals surface area contributed by atoms with Crippen molar-refractivity contribution in [2.45, 2.75) is 27.7 Å². The fraction of sp³-hybridized carbons (Fsp3) is 0.172. The van der Waals surface area contributed by atoms with E-state index in [2.05, 4.69) is 25.9 Å². The molecule has 5 rings (SSSR count).